The molecule has 5 N–H and O–H groups in total. The highest BCUT2D eigenvalue weighted by molar-refractivity contribution is 5.69. The summed E-state index contributed by atoms with van der Waals surface area (Å²) in [6.45, 7) is 2.63. The fourth-order valence-corrected chi connectivity index (χ4v) is 2.51. The van der Waals surface area contributed by atoms with Gasteiger partial charge < -0.3 is 25.7 Å². The highest BCUT2D eigenvalue weighted by Gasteiger charge is 2.12. The molecule has 8 heteroatoms. The molecule has 2 rings (SSSR count). The van der Waals surface area contributed by atoms with Crippen LogP contribution < -0.4 is 5.32 Å². The van der Waals surface area contributed by atoms with Gasteiger partial charge in [-0.15, -0.1) is 0 Å². The number of rotatable bonds is 10. The van der Waals surface area contributed by atoms with Crippen LogP contribution >= 0.6 is 0 Å². The monoisotopic (exact) mass is 404 g/mol. The number of carboxylic acids is 2. The zero-order valence-electron chi connectivity index (χ0n) is 16.4. The molecule has 0 saturated heterocycles. The van der Waals surface area contributed by atoms with Crippen molar-refractivity contribution in [1.82, 2.24) is 10.2 Å². The van der Waals surface area contributed by atoms with Crippen molar-refractivity contribution in [3.63, 3.8) is 0 Å². The molecule has 0 amide bonds. The second-order valence-electron chi connectivity index (χ2n) is 6.39. The van der Waals surface area contributed by atoms with E-state index >= 15 is 0 Å². The molecule has 0 aromatic heterocycles. The SMILES string of the molecule is Cc1ccccc1O.O=C(O)CNCCN(CC(=O)O)Cc1ccccc1CO. The van der Waals surface area contributed by atoms with E-state index in [0.717, 1.165) is 16.7 Å². The molecular weight excluding hydrogens is 376 g/mol. The smallest absolute Gasteiger partial charge is 0.317 e. The van der Waals surface area contributed by atoms with Crippen molar-refractivity contribution in [3.05, 3.63) is 65.2 Å². The number of para-hydroxylation sites is 1. The summed E-state index contributed by atoms with van der Waals surface area (Å²) in [6.07, 6.45) is 0. The molecule has 2 aromatic rings. The lowest BCUT2D eigenvalue weighted by molar-refractivity contribution is -0.139. The first-order valence-electron chi connectivity index (χ1n) is 9.12. The zero-order chi connectivity index (χ0) is 21.6. The summed E-state index contributed by atoms with van der Waals surface area (Å²) in [5, 5.41) is 38.4. The van der Waals surface area contributed by atoms with Crippen LogP contribution in [0.15, 0.2) is 48.5 Å². The number of aromatic hydroxyl groups is 1. The predicted octanol–water partition coefficient (Wildman–Crippen LogP) is 1.44. The van der Waals surface area contributed by atoms with E-state index in [2.05, 4.69) is 5.32 Å². The molecule has 0 unspecified atom stereocenters. The number of hydrogen-bond acceptors (Lipinski definition) is 6. The van der Waals surface area contributed by atoms with E-state index in [1.807, 2.05) is 43.3 Å². The summed E-state index contributed by atoms with van der Waals surface area (Å²) < 4.78 is 0. The number of nitrogens with one attached hydrogen (secondary N) is 1. The normalized spacial score (nSPS) is 10.3. The number of carbonyl (C=O) groups is 2. The Hall–Kier alpha value is -2.94. The van der Waals surface area contributed by atoms with Gasteiger partial charge in [-0.2, -0.15) is 0 Å². The lowest BCUT2D eigenvalue weighted by Crippen LogP contribution is -2.37. The average molecular weight is 404 g/mol. The number of benzene rings is 2. The molecule has 158 valence electrons. The molecular formula is C21H28N2O6. The Morgan fingerprint density at radius 2 is 1.59 bits per heavy atom. The van der Waals surface area contributed by atoms with Crippen molar-refractivity contribution in [2.45, 2.75) is 20.1 Å². The minimum absolute atomic E-state index is 0.103. The topological polar surface area (TPSA) is 130 Å². The fourth-order valence-electron chi connectivity index (χ4n) is 2.51. The Morgan fingerprint density at radius 1 is 0.966 bits per heavy atom. The number of aliphatic hydroxyl groups excluding tert-OH is 1. The molecule has 0 aliphatic rings. The Balaban J connectivity index is 0.000000436. The van der Waals surface area contributed by atoms with Crippen LogP contribution in [-0.4, -0.2) is 63.4 Å². The van der Waals surface area contributed by atoms with Gasteiger partial charge in [-0.05, 0) is 29.7 Å². The van der Waals surface area contributed by atoms with Gasteiger partial charge in [-0.25, -0.2) is 0 Å². The zero-order valence-corrected chi connectivity index (χ0v) is 16.4. The highest BCUT2D eigenvalue weighted by atomic mass is 16.4. The minimum atomic E-state index is -0.953. The van der Waals surface area contributed by atoms with Gasteiger partial charge in [0.05, 0.1) is 19.7 Å². The van der Waals surface area contributed by atoms with E-state index in [4.69, 9.17) is 15.3 Å². The van der Waals surface area contributed by atoms with Crippen molar-refractivity contribution in [1.29, 1.82) is 0 Å². The third-order valence-corrected chi connectivity index (χ3v) is 4.04. The number of aliphatic carboxylic acids is 2. The molecule has 0 heterocycles. The van der Waals surface area contributed by atoms with Gasteiger partial charge in [0, 0.05) is 19.6 Å². The van der Waals surface area contributed by atoms with Gasteiger partial charge in [0.1, 0.15) is 5.75 Å². The molecule has 0 bridgehead atoms. The molecule has 8 nitrogen and oxygen atoms in total. The fraction of sp³-hybridized carbons (Fsp3) is 0.333. The quantitative estimate of drug-likeness (QED) is 0.376. The van der Waals surface area contributed by atoms with Gasteiger partial charge in [0.15, 0.2) is 0 Å². The molecule has 2 aromatic carbocycles. The molecule has 0 saturated carbocycles. The lowest BCUT2D eigenvalue weighted by atomic mass is 10.1. The summed E-state index contributed by atoms with van der Waals surface area (Å²) in [7, 11) is 0. The van der Waals surface area contributed by atoms with Gasteiger partial charge in [-0.1, -0.05) is 42.5 Å². The third kappa shape index (κ3) is 10.2. The molecule has 0 spiro atoms. The third-order valence-electron chi connectivity index (χ3n) is 4.04. The number of carboxylic acid groups (broad SMARTS) is 2. The predicted molar refractivity (Wildman–Crippen MR) is 109 cm³/mol. The Bertz CT molecular complexity index is 760. The molecule has 0 atom stereocenters. The number of aliphatic hydroxyl groups is 1. The summed E-state index contributed by atoms with van der Waals surface area (Å²) in [4.78, 5) is 23.0. The van der Waals surface area contributed by atoms with Crippen molar-refractivity contribution < 1.29 is 30.0 Å². The van der Waals surface area contributed by atoms with Crippen LogP contribution in [0.5, 0.6) is 5.75 Å². The molecule has 0 aliphatic carbocycles. The van der Waals surface area contributed by atoms with E-state index in [1.165, 1.54) is 0 Å². The van der Waals surface area contributed by atoms with E-state index in [9.17, 15) is 14.7 Å². The van der Waals surface area contributed by atoms with Gasteiger partial charge in [-0.3, -0.25) is 14.5 Å². The maximum absolute atomic E-state index is 10.9. The Labute approximate surface area is 170 Å². The number of phenols is 1. The standard InChI is InChI=1S/C14H20N2O5.C7H8O/c17-10-12-4-2-1-3-11(12)8-16(9-14(20)21)6-5-15-7-13(18)19;1-6-4-2-3-5-7(6)8/h1-4,15,17H,5-10H2,(H,18,19)(H,20,21);2-5,8H,1H3. The van der Waals surface area contributed by atoms with Crippen molar-refractivity contribution in [3.8, 4) is 5.75 Å². The summed E-state index contributed by atoms with van der Waals surface area (Å²) in [5.41, 5.74) is 2.54. The molecule has 0 aliphatic heterocycles. The van der Waals surface area contributed by atoms with Crippen LogP contribution in [0.3, 0.4) is 0 Å². The van der Waals surface area contributed by atoms with Gasteiger partial charge in [0.25, 0.3) is 0 Å². The largest absolute Gasteiger partial charge is 0.508 e. The first kappa shape index (κ1) is 24.1. The van der Waals surface area contributed by atoms with Gasteiger partial charge >= 0.3 is 11.9 Å². The maximum atomic E-state index is 10.9. The second kappa shape index (κ2) is 13.3. The number of aryl methyl sites for hydroxylation is 1. The minimum Gasteiger partial charge on any atom is -0.508 e. The molecule has 29 heavy (non-hydrogen) atoms. The van der Waals surface area contributed by atoms with Crippen molar-refractivity contribution >= 4 is 11.9 Å². The Kier molecular flexibility index (Phi) is 11.0. The highest BCUT2D eigenvalue weighted by Crippen LogP contribution is 2.12. The maximum Gasteiger partial charge on any atom is 0.317 e. The Morgan fingerprint density at radius 3 is 2.10 bits per heavy atom. The number of hydrogen-bond donors (Lipinski definition) is 5. The van der Waals surface area contributed by atoms with Crippen molar-refractivity contribution in [2.24, 2.45) is 0 Å². The van der Waals surface area contributed by atoms with Crippen LogP contribution in [0.1, 0.15) is 16.7 Å². The van der Waals surface area contributed by atoms with Crippen LogP contribution in [0.2, 0.25) is 0 Å². The number of nitrogens with zero attached hydrogens (tertiary/aromatic N) is 1. The van der Waals surface area contributed by atoms with Gasteiger partial charge in [0.2, 0.25) is 0 Å². The van der Waals surface area contributed by atoms with E-state index in [0.29, 0.717) is 25.4 Å². The van der Waals surface area contributed by atoms with Crippen LogP contribution in [-0.2, 0) is 22.7 Å². The summed E-state index contributed by atoms with van der Waals surface area (Å²) in [5.74, 6) is -1.53. The van der Waals surface area contributed by atoms with E-state index in [-0.39, 0.29) is 19.7 Å². The van der Waals surface area contributed by atoms with Crippen molar-refractivity contribution in [2.75, 3.05) is 26.2 Å². The van der Waals surface area contributed by atoms with Crippen LogP contribution in [0, 0.1) is 6.92 Å². The van der Waals surface area contributed by atoms with Crippen LogP contribution in [0.4, 0.5) is 0 Å². The van der Waals surface area contributed by atoms with E-state index in [1.54, 1.807) is 17.0 Å². The summed E-state index contributed by atoms with van der Waals surface area (Å²) in [6, 6.07) is 14.5. The first-order valence-corrected chi connectivity index (χ1v) is 9.12. The molecule has 0 fully saturated rings. The summed E-state index contributed by atoms with van der Waals surface area (Å²) >= 11 is 0. The van der Waals surface area contributed by atoms with E-state index < -0.39 is 11.9 Å². The lowest BCUT2D eigenvalue weighted by Gasteiger charge is -2.21. The first-order chi connectivity index (χ1) is 13.8. The average Bonchev–Trinajstić information content (AvgIpc) is 2.68. The number of phenolic OH excluding ortho intramolecular Hbond substituents is 1. The molecule has 0 radical (unpaired) electrons. The van der Waals surface area contributed by atoms with Crippen LogP contribution in [0.25, 0.3) is 0 Å². The second-order valence-corrected chi connectivity index (χ2v) is 6.39.